The Bertz CT molecular complexity index is 502. The second kappa shape index (κ2) is 5.14. The van der Waals surface area contributed by atoms with E-state index in [1.807, 2.05) is 6.92 Å². The van der Waals surface area contributed by atoms with Crippen LogP contribution in [0.5, 0.6) is 0 Å². The monoisotopic (exact) mass is 255 g/mol. The first-order valence-corrected chi connectivity index (χ1v) is 6.36. The van der Waals surface area contributed by atoms with Crippen molar-refractivity contribution in [3.8, 4) is 0 Å². The van der Waals surface area contributed by atoms with Gasteiger partial charge in [-0.1, -0.05) is 0 Å². The molecule has 0 atom stereocenters. The summed E-state index contributed by atoms with van der Waals surface area (Å²) in [5, 5.41) is 21.1. The van der Waals surface area contributed by atoms with Gasteiger partial charge in [0, 0.05) is 17.6 Å². The van der Waals surface area contributed by atoms with Gasteiger partial charge in [0.25, 0.3) is 0 Å². The van der Waals surface area contributed by atoms with Gasteiger partial charge in [-0.2, -0.15) is 0 Å². The van der Waals surface area contributed by atoms with Crippen molar-refractivity contribution in [3.63, 3.8) is 0 Å². The number of aliphatic hydroxyl groups excluding tert-OH is 2. The van der Waals surface area contributed by atoms with E-state index >= 15 is 0 Å². The number of aryl methyl sites for hydroxylation is 2. The summed E-state index contributed by atoms with van der Waals surface area (Å²) in [6.45, 7) is 4.48. The summed E-state index contributed by atoms with van der Waals surface area (Å²) in [4.78, 5) is 6.68. The topological polar surface area (TPSA) is 69.8 Å². The van der Waals surface area contributed by atoms with Crippen molar-refractivity contribution < 1.29 is 10.2 Å². The summed E-state index contributed by atoms with van der Waals surface area (Å²) >= 11 is 1.66. The van der Waals surface area contributed by atoms with Gasteiger partial charge in [-0.05, 0) is 13.8 Å². The Morgan fingerprint density at radius 3 is 2.76 bits per heavy atom. The molecular formula is C11H17N3O2S. The minimum Gasteiger partial charge on any atom is -0.395 e. The first kappa shape index (κ1) is 12.5. The minimum absolute atomic E-state index is 0.0693. The van der Waals surface area contributed by atoms with E-state index in [2.05, 4.69) is 27.8 Å². The van der Waals surface area contributed by atoms with E-state index in [9.17, 15) is 0 Å². The van der Waals surface area contributed by atoms with Gasteiger partial charge in [0.1, 0.15) is 0 Å². The van der Waals surface area contributed by atoms with E-state index < -0.39 is 0 Å². The van der Waals surface area contributed by atoms with Crippen molar-refractivity contribution in [1.82, 2.24) is 14.7 Å². The lowest BCUT2D eigenvalue weighted by atomic mass is 10.3. The first-order chi connectivity index (χ1) is 8.15. The standard InChI is InChI=1S/C11H17N3O2S/c1-7-4-14-10(3-12-9(5-15)6-16)8(2)13-11(14)17-7/h4,9,12,15-16H,3,5-6H2,1-2H3. The predicted octanol–water partition coefficient (Wildman–Crippen LogP) is 0.455. The number of rotatable bonds is 5. The maximum absolute atomic E-state index is 9.00. The number of aliphatic hydroxyl groups is 2. The molecule has 5 nitrogen and oxygen atoms in total. The summed E-state index contributed by atoms with van der Waals surface area (Å²) in [5.74, 6) is 0. The average Bonchev–Trinajstić information content (AvgIpc) is 2.77. The van der Waals surface area contributed by atoms with E-state index in [0.717, 1.165) is 16.3 Å². The van der Waals surface area contributed by atoms with Crippen molar-refractivity contribution in [2.75, 3.05) is 13.2 Å². The van der Waals surface area contributed by atoms with Crippen LogP contribution in [0.2, 0.25) is 0 Å². The van der Waals surface area contributed by atoms with Gasteiger partial charge >= 0.3 is 0 Å². The van der Waals surface area contributed by atoms with Crippen LogP contribution in [0, 0.1) is 13.8 Å². The Morgan fingerprint density at radius 1 is 1.41 bits per heavy atom. The second-order valence-electron chi connectivity index (χ2n) is 4.08. The van der Waals surface area contributed by atoms with Crippen LogP contribution in [0.25, 0.3) is 4.96 Å². The molecule has 0 aliphatic carbocycles. The lowest BCUT2D eigenvalue weighted by molar-refractivity contribution is 0.170. The Labute approximate surface area is 104 Å². The van der Waals surface area contributed by atoms with Crippen LogP contribution in [-0.2, 0) is 6.54 Å². The van der Waals surface area contributed by atoms with Crippen LogP contribution in [0.3, 0.4) is 0 Å². The van der Waals surface area contributed by atoms with E-state index in [4.69, 9.17) is 10.2 Å². The van der Waals surface area contributed by atoms with Gasteiger partial charge in [0.2, 0.25) is 0 Å². The van der Waals surface area contributed by atoms with Crippen LogP contribution < -0.4 is 5.32 Å². The SMILES string of the molecule is Cc1cn2c(CNC(CO)CO)c(C)nc2s1. The van der Waals surface area contributed by atoms with Crippen LogP contribution in [0.1, 0.15) is 16.3 Å². The third kappa shape index (κ3) is 2.50. The first-order valence-electron chi connectivity index (χ1n) is 5.54. The molecule has 0 saturated carbocycles. The molecule has 0 unspecified atom stereocenters. The summed E-state index contributed by atoms with van der Waals surface area (Å²) in [6, 6.07) is -0.278. The molecule has 0 fully saturated rings. The van der Waals surface area contributed by atoms with Crippen molar-refractivity contribution in [1.29, 1.82) is 0 Å². The van der Waals surface area contributed by atoms with Crippen LogP contribution in [-0.4, -0.2) is 38.9 Å². The van der Waals surface area contributed by atoms with Crippen molar-refractivity contribution in [3.05, 3.63) is 22.5 Å². The van der Waals surface area contributed by atoms with Crippen LogP contribution in [0.15, 0.2) is 6.20 Å². The second-order valence-corrected chi connectivity index (χ2v) is 5.29. The fraction of sp³-hybridized carbons (Fsp3) is 0.545. The molecule has 2 aromatic rings. The van der Waals surface area contributed by atoms with Gasteiger partial charge in [-0.15, -0.1) is 11.3 Å². The molecule has 17 heavy (non-hydrogen) atoms. The highest BCUT2D eigenvalue weighted by atomic mass is 32.1. The quantitative estimate of drug-likeness (QED) is 0.726. The number of thiazole rings is 1. The molecule has 0 bridgehead atoms. The lowest BCUT2D eigenvalue weighted by Gasteiger charge is -2.12. The molecule has 0 aliphatic heterocycles. The maximum Gasteiger partial charge on any atom is 0.194 e. The zero-order chi connectivity index (χ0) is 12.4. The number of fused-ring (bicyclic) bond motifs is 1. The molecule has 94 valence electrons. The summed E-state index contributed by atoms with van der Waals surface area (Å²) in [5.41, 5.74) is 2.06. The molecule has 0 aromatic carbocycles. The summed E-state index contributed by atoms with van der Waals surface area (Å²) in [6.07, 6.45) is 2.06. The van der Waals surface area contributed by atoms with E-state index in [1.165, 1.54) is 4.88 Å². The molecule has 2 aromatic heterocycles. The van der Waals surface area contributed by atoms with Gasteiger partial charge in [-0.3, -0.25) is 4.40 Å². The molecule has 2 rings (SSSR count). The Hall–Kier alpha value is -0.950. The summed E-state index contributed by atoms with van der Waals surface area (Å²) < 4.78 is 2.06. The molecule has 6 heteroatoms. The van der Waals surface area contributed by atoms with Crippen LogP contribution >= 0.6 is 11.3 Å². The predicted molar refractivity (Wildman–Crippen MR) is 67.3 cm³/mol. The molecule has 0 saturated heterocycles. The normalized spacial score (nSPS) is 11.8. The molecule has 0 radical (unpaired) electrons. The summed E-state index contributed by atoms with van der Waals surface area (Å²) in [7, 11) is 0. The van der Waals surface area contributed by atoms with Crippen molar-refractivity contribution in [2.24, 2.45) is 0 Å². The molecule has 0 spiro atoms. The highest BCUT2D eigenvalue weighted by Crippen LogP contribution is 2.20. The number of nitrogens with zero attached hydrogens (tertiary/aromatic N) is 2. The fourth-order valence-corrected chi connectivity index (χ4v) is 2.64. The Balaban J connectivity index is 2.19. The number of hydrogen-bond donors (Lipinski definition) is 3. The third-order valence-corrected chi connectivity index (χ3v) is 3.64. The highest BCUT2D eigenvalue weighted by molar-refractivity contribution is 7.17. The van der Waals surface area contributed by atoms with E-state index in [-0.39, 0.29) is 19.3 Å². The number of hydrogen-bond acceptors (Lipinski definition) is 5. The smallest absolute Gasteiger partial charge is 0.194 e. The number of aromatic nitrogens is 2. The van der Waals surface area contributed by atoms with Crippen LogP contribution in [0.4, 0.5) is 0 Å². The van der Waals surface area contributed by atoms with Crippen molar-refractivity contribution in [2.45, 2.75) is 26.4 Å². The van der Waals surface area contributed by atoms with Gasteiger partial charge in [0.05, 0.1) is 30.6 Å². The van der Waals surface area contributed by atoms with Gasteiger partial charge in [0.15, 0.2) is 4.96 Å². The van der Waals surface area contributed by atoms with Gasteiger partial charge < -0.3 is 15.5 Å². The fourth-order valence-electron chi connectivity index (χ4n) is 1.75. The Morgan fingerprint density at radius 2 is 2.12 bits per heavy atom. The Kier molecular flexibility index (Phi) is 3.78. The van der Waals surface area contributed by atoms with E-state index in [0.29, 0.717) is 6.54 Å². The molecule has 0 amide bonds. The maximum atomic E-state index is 9.00. The van der Waals surface area contributed by atoms with Gasteiger partial charge in [-0.25, -0.2) is 4.98 Å². The molecule has 2 heterocycles. The zero-order valence-electron chi connectivity index (χ0n) is 9.97. The third-order valence-electron chi connectivity index (χ3n) is 2.74. The minimum atomic E-state index is -0.278. The molecule has 0 aliphatic rings. The van der Waals surface area contributed by atoms with E-state index in [1.54, 1.807) is 11.3 Å². The lowest BCUT2D eigenvalue weighted by Crippen LogP contribution is -2.35. The molecule has 3 N–H and O–H groups in total. The average molecular weight is 255 g/mol. The highest BCUT2D eigenvalue weighted by Gasteiger charge is 2.12. The largest absolute Gasteiger partial charge is 0.395 e. The zero-order valence-corrected chi connectivity index (χ0v) is 10.8. The number of nitrogens with one attached hydrogen (secondary N) is 1. The number of imidazole rings is 1. The molecular weight excluding hydrogens is 238 g/mol. The van der Waals surface area contributed by atoms with Crippen molar-refractivity contribution >= 4 is 16.3 Å².